The van der Waals surface area contributed by atoms with E-state index < -0.39 is 0 Å². The van der Waals surface area contributed by atoms with Gasteiger partial charge in [-0.2, -0.15) is 0 Å². The summed E-state index contributed by atoms with van der Waals surface area (Å²) in [7, 11) is 0. The number of cyclic esters (lactones) is 1. The lowest BCUT2D eigenvalue weighted by Gasteiger charge is -1.99. The second-order valence-corrected chi connectivity index (χ2v) is 2.08. The molecule has 1 fully saturated rings. The zero-order valence-electron chi connectivity index (χ0n) is 5.59. The minimum atomic E-state index is -0.331. The minimum Gasteiger partial charge on any atom is -0.447 e. The Kier molecular flexibility index (Phi) is 2.13. The standard InChI is InChI=1S/C7H9NO2/c1-2-3-4-6-5-10-7(9)8-6/h3,6H,1,4-5H2,(H,8,9). The molecular formula is C7H9NO2. The topological polar surface area (TPSA) is 38.3 Å². The molecule has 1 rings (SSSR count). The first-order valence-electron chi connectivity index (χ1n) is 3.10. The van der Waals surface area contributed by atoms with E-state index in [9.17, 15) is 4.79 Å². The number of rotatable bonds is 2. The number of hydrogen-bond acceptors (Lipinski definition) is 2. The molecule has 3 heteroatoms. The molecule has 0 aliphatic carbocycles. The van der Waals surface area contributed by atoms with E-state index in [1.807, 2.05) is 0 Å². The van der Waals surface area contributed by atoms with Crippen molar-refractivity contribution in [3.8, 4) is 0 Å². The van der Waals surface area contributed by atoms with Crippen LogP contribution in [0.5, 0.6) is 0 Å². The number of amides is 1. The summed E-state index contributed by atoms with van der Waals surface area (Å²) in [5.74, 6) is 0. The first kappa shape index (κ1) is 6.90. The van der Waals surface area contributed by atoms with Gasteiger partial charge in [0.2, 0.25) is 0 Å². The number of alkyl carbamates (subject to hydrolysis) is 1. The maximum absolute atomic E-state index is 10.4. The molecule has 1 saturated heterocycles. The van der Waals surface area contributed by atoms with Crippen molar-refractivity contribution in [2.45, 2.75) is 12.5 Å². The monoisotopic (exact) mass is 139 g/mol. The van der Waals surface area contributed by atoms with Gasteiger partial charge in [-0.3, -0.25) is 0 Å². The summed E-state index contributed by atoms with van der Waals surface area (Å²) in [6.07, 6.45) is 2.19. The molecule has 0 aromatic rings. The molecule has 1 aliphatic heterocycles. The van der Waals surface area contributed by atoms with Crippen LogP contribution in [0.25, 0.3) is 0 Å². The molecule has 1 heterocycles. The van der Waals surface area contributed by atoms with Crippen molar-refractivity contribution in [1.82, 2.24) is 5.32 Å². The van der Waals surface area contributed by atoms with E-state index in [1.54, 1.807) is 6.08 Å². The van der Waals surface area contributed by atoms with Gasteiger partial charge in [0.05, 0.1) is 6.04 Å². The Morgan fingerprint density at radius 3 is 3.30 bits per heavy atom. The van der Waals surface area contributed by atoms with Gasteiger partial charge in [0.25, 0.3) is 0 Å². The molecule has 10 heavy (non-hydrogen) atoms. The molecule has 0 saturated carbocycles. The maximum atomic E-state index is 10.4. The Morgan fingerprint density at radius 2 is 2.80 bits per heavy atom. The highest BCUT2D eigenvalue weighted by atomic mass is 16.6. The molecule has 1 N–H and O–H groups in total. The molecule has 54 valence electrons. The molecule has 0 bridgehead atoms. The Labute approximate surface area is 59.4 Å². The van der Waals surface area contributed by atoms with Crippen molar-refractivity contribution in [3.63, 3.8) is 0 Å². The fourth-order valence-corrected chi connectivity index (χ4v) is 0.779. The van der Waals surface area contributed by atoms with E-state index in [0.29, 0.717) is 6.61 Å². The van der Waals surface area contributed by atoms with Crippen molar-refractivity contribution in [1.29, 1.82) is 0 Å². The highest BCUT2D eigenvalue weighted by Crippen LogP contribution is 2.01. The largest absolute Gasteiger partial charge is 0.447 e. The van der Waals surface area contributed by atoms with Gasteiger partial charge in [0.1, 0.15) is 6.61 Å². The third-order valence-corrected chi connectivity index (χ3v) is 1.28. The normalized spacial score (nSPS) is 22.8. The molecule has 0 aromatic heterocycles. The van der Waals surface area contributed by atoms with Crippen LogP contribution in [0.1, 0.15) is 6.42 Å². The number of ether oxygens (including phenoxy) is 1. The summed E-state index contributed by atoms with van der Waals surface area (Å²) in [5, 5.41) is 2.63. The molecular weight excluding hydrogens is 130 g/mol. The number of carbonyl (C=O) groups is 1. The minimum absolute atomic E-state index is 0.113. The fraction of sp³-hybridized carbons (Fsp3) is 0.429. The lowest BCUT2D eigenvalue weighted by Crippen LogP contribution is -2.25. The lowest BCUT2D eigenvalue weighted by molar-refractivity contribution is 0.177. The van der Waals surface area contributed by atoms with Gasteiger partial charge in [0, 0.05) is 0 Å². The van der Waals surface area contributed by atoms with Crippen LogP contribution < -0.4 is 5.32 Å². The van der Waals surface area contributed by atoms with Gasteiger partial charge >= 0.3 is 6.09 Å². The van der Waals surface area contributed by atoms with Gasteiger partial charge in [0.15, 0.2) is 0 Å². The van der Waals surface area contributed by atoms with Crippen LogP contribution in [0.2, 0.25) is 0 Å². The third kappa shape index (κ3) is 1.64. The predicted octanol–water partition coefficient (Wildman–Crippen LogP) is 0.826. The molecule has 3 nitrogen and oxygen atoms in total. The molecule has 0 aromatic carbocycles. The molecule has 1 atom stereocenters. The molecule has 1 amide bonds. The summed E-state index contributed by atoms with van der Waals surface area (Å²) < 4.78 is 4.64. The predicted molar refractivity (Wildman–Crippen MR) is 36.6 cm³/mol. The quantitative estimate of drug-likeness (QED) is 0.575. The Hall–Kier alpha value is -1.21. The smallest absolute Gasteiger partial charge is 0.407 e. The van der Waals surface area contributed by atoms with Crippen LogP contribution in [-0.4, -0.2) is 18.7 Å². The molecule has 0 radical (unpaired) electrons. The SMILES string of the molecule is C=C=CCC1COC(=O)N1. The van der Waals surface area contributed by atoms with Gasteiger partial charge in [-0.25, -0.2) is 4.79 Å². The van der Waals surface area contributed by atoms with Crippen molar-refractivity contribution >= 4 is 6.09 Å². The average Bonchev–Trinajstić information content (AvgIpc) is 2.31. The summed E-state index contributed by atoms with van der Waals surface area (Å²) in [6.45, 7) is 3.86. The highest BCUT2D eigenvalue weighted by Gasteiger charge is 2.20. The Bertz CT molecular complexity index is 182. The number of nitrogens with one attached hydrogen (secondary N) is 1. The molecule has 1 aliphatic rings. The summed E-state index contributed by atoms with van der Waals surface area (Å²) in [5.41, 5.74) is 2.63. The number of carbonyl (C=O) groups excluding carboxylic acids is 1. The third-order valence-electron chi connectivity index (χ3n) is 1.28. The van der Waals surface area contributed by atoms with E-state index >= 15 is 0 Å². The number of hydrogen-bond donors (Lipinski definition) is 1. The first-order chi connectivity index (χ1) is 4.83. The van der Waals surface area contributed by atoms with E-state index in [1.165, 1.54) is 0 Å². The van der Waals surface area contributed by atoms with Gasteiger partial charge in [-0.05, 0) is 12.5 Å². The van der Waals surface area contributed by atoms with Gasteiger partial charge in [-0.1, -0.05) is 6.58 Å². The van der Waals surface area contributed by atoms with E-state index in [0.717, 1.165) is 6.42 Å². The van der Waals surface area contributed by atoms with Crippen LogP contribution >= 0.6 is 0 Å². The van der Waals surface area contributed by atoms with Crippen molar-refractivity contribution in [2.75, 3.05) is 6.61 Å². The second kappa shape index (κ2) is 3.08. The van der Waals surface area contributed by atoms with Crippen molar-refractivity contribution < 1.29 is 9.53 Å². The first-order valence-corrected chi connectivity index (χ1v) is 3.10. The Balaban J connectivity index is 2.31. The van der Waals surface area contributed by atoms with Crippen LogP contribution in [0.3, 0.4) is 0 Å². The molecule has 0 spiro atoms. The van der Waals surface area contributed by atoms with Crippen LogP contribution in [0.15, 0.2) is 18.4 Å². The average molecular weight is 139 g/mol. The van der Waals surface area contributed by atoms with E-state index in [2.05, 4.69) is 22.4 Å². The van der Waals surface area contributed by atoms with E-state index in [4.69, 9.17) is 0 Å². The van der Waals surface area contributed by atoms with Crippen molar-refractivity contribution in [2.24, 2.45) is 0 Å². The van der Waals surface area contributed by atoms with Crippen LogP contribution in [0.4, 0.5) is 4.79 Å². The maximum Gasteiger partial charge on any atom is 0.407 e. The van der Waals surface area contributed by atoms with Crippen LogP contribution in [0, 0.1) is 0 Å². The van der Waals surface area contributed by atoms with Gasteiger partial charge < -0.3 is 10.1 Å². The summed E-state index contributed by atoms with van der Waals surface area (Å²) in [6, 6.07) is 0.113. The summed E-state index contributed by atoms with van der Waals surface area (Å²) in [4.78, 5) is 10.4. The van der Waals surface area contributed by atoms with Crippen LogP contribution in [-0.2, 0) is 4.74 Å². The van der Waals surface area contributed by atoms with Gasteiger partial charge in [-0.15, -0.1) is 5.73 Å². The zero-order chi connectivity index (χ0) is 7.40. The summed E-state index contributed by atoms with van der Waals surface area (Å²) >= 11 is 0. The van der Waals surface area contributed by atoms with Crippen molar-refractivity contribution in [3.05, 3.63) is 18.4 Å². The fourth-order valence-electron chi connectivity index (χ4n) is 0.779. The highest BCUT2D eigenvalue weighted by molar-refractivity contribution is 5.69. The zero-order valence-corrected chi connectivity index (χ0v) is 5.59. The molecule has 1 unspecified atom stereocenters. The lowest BCUT2D eigenvalue weighted by atomic mass is 10.2. The Morgan fingerprint density at radius 1 is 2.00 bits per heavy atom. The second-order valence-electron chi connectivity index (χ2n) is 2.08. The van der Waals surface area contributed by atoms with E-state index in [-0.39, 0.29) is 12.1 Å².